The Kier molecular flexibility index (Phi) is 4.57. The number of carbonyl (C=O) groups is 1. The van der Waals surface area contributed by atoms with E-state index in [0.29, 0.717) is 17.2 Å². The first-order valence-corrected chi connectivity index (χ1v) is 9.34. The molecule has 0 bridgehead atoms. The number of thiophene rings is 1. The maximum atomic E-state index is 12.4. The van der Waals surface area contributed by atoms with Gasteiger partial charge in [0, 0.05) is 17.9 Å². The second-order valence-corrected chi connectivity index (χ2v) is 7.76. The first-order valence-electron chi connectivity index (χ1n) is 7.30. The molecule has 22 heavy (non-hydrogen) atoms. The van der Waals surface area contributed by atoms with Crippen molar-refractivity contribution in [3.8, 4) is 11.1 Å². The fraction of sp³-hybridized carbons (Fsp3) is 0.353. The summed E-state index contributed by atoms with van der Waals surface area (Å²) in [6.07, 6.45) is 0.743. The average Bonchev–Trinajstić information content (AvgIpc) is 3.15. The molecule has 1 fully saturated rings. The third-order valence-electron chi connectivity index (χ3n) is 3.89. The van der Waals surface area contributed by atoms with Crippen molar-refractivity contribution in [3.05, 3.63) is 46.2 Å². The Bertz CT molecular complexity index is 658. The molecular formula is C17H19NO2S2. The largest absolute Gasteiger partial charge is 0.387 e. The molecular weight excluding hydrogens is 314 g/mol. The van der Waals surface area contributed by atoms with Crippen LogP contribution in [0, 0.1) is 6.92 Å². The molecule has 5 heteroatoms. The molecule has 116 valence electrons. The number of hydrogen-bond acceptors (Lipinski definition) is 4. The summed E-state index contributed by atoms with van der Waals surface area (Å²) in [5.74, 6) is 1.55. The van der Waals surface area contributed by atoms with Crippen molar-refractivity contribution in [3.63, 3.8) is 0 Å². The Hall–Kier alpha value is -1.30. The zero-order valence-corrected chi connectivity index (χ0v) is 14.1. The van der Waals surface area contributed by atoms with E-state index in [-0.39, 0.29) is 5.91 Å². The lowest BCUT2D eigenvalue weighted by Gasteiger charge is -2.21. The summed E-state index contributed by atoms with van der Waals surface area (Å²) in [6.45, 7) is 2.37. The predicted molar refractivity (Wildman–Crippen MR) is 93.7 cm³/mol. The fourth-order valence-corrected chi connectivity index (χ4v) is 4.63. The molecule has 2 N–H and O–H groups in total. The highest BCUT2D eigenvalue weighted by molar-refractivity contribution is 7.99. The maximum Gasteiger partial charge on any atom is 0.262 e. The van der Waals surface area contributed by atoms with E-state index in [9.17, 15) is 9.90 Å². The first-order chi connectivity index (χ1) is 10.6. The molecule has 0 aliphatic carbocycles. The van der Waals surface area contributed by atoms with Gasteiger partial charge in [0.25, 0.3) is 5.91 Å². The van der Waals surface area contributed by atoms with Gasteiger partial charge in [-0.05, 0) is 36.1 Å². The lowest BCUT2D eigenvalue weighted by atomic mass is 10.0. The molecule has 1 aliphatic heterocycles. The molecule has 3 nitrogen and oxygen atoms in total. The van der Waals surface area contributed by atoms with E-state index in [4.69, 9.17) is 0 Å². The van der Waals surface area contributed by atoms with Crippen LogP contribution in [0.5, 0.6) is 0 Å². The van der Waals surface area contributed by atoms with Crippen LogP contribution in [0.25, 0.3) is 11.1 Å². The average molecular weight is 333 g/mol. The molecule has 1 atom stereocenters. The lowest BCUT2D eigenvalue weighted by Crippen LogP contribution is -2.42. The molecule has 1 saturated heterocycles. The molecule has 3 rings (SSSR count). The van der Waals surface area contributed by atoms with Crippen molar-refractivity contribution >= 4 is 29.0 Å². The van der Waals surface area contributed by atoms with Gasteiger partial charge in [0.05, 0.1) is 10.5 Å². The number of thioether (sulfide) groups is 1. The van der Waals surface area contributed by atoms with Gasteiger partial charge in [0.15, 0.2) is 0 Å². The van der Waals surface area contributed by atoms with Crippen molar-refractivity contribution in [1.29, 1.82) is 0 Å². The highest BCUT2D eigenvalue weighted by atomic mass is 32.2. The summed E-state index contributed by atoms with van der Waals surface area (Å²) in [5, 5.41) is 15.2. The van der Waals surface area contributed by atoms with Crippen molar-refractivity contribution < 1.29 is 9.90 Å². The van der Waals surface area contributed by atoms with Gasteiger partial charge in [-0.15, -0.1) is 11.3 Å². The number of hydrogen-bond donors (Lipinski definition) is 2. The van der Waals surface area contributed by atoms with E-state index in [2.05, 4.69) is 5.32 Å². The van der Waals surface area contributed by atoms with Gasteiger partial charge in [-0.1, -0.05) is 29.8 Å². The quantitative estimate of drug-likeness (QED) is 0.902. The summed E-state index contributed by atoms with van der Waals surface area (Å²) < 4.78 is 0. The summed E-state index contributed by atoms with van der Waals surface area (Å²) >= 11 is 3.17. The number of rotatable bonds is 4. The summed E-state index contributed by atoms with van der Waals surface area (Å²) in [5.41, 5.74) is 2.45. The highest BCUT2D eigenvalue weighted by Gasteiger charge is 2.32. The lowest BCUT2D eigenvalue weighted by molar-refractivity contribution is 0.0614. The van der Waals surface area contributed by atoms with Crippen LogP contribution >= 0.6 is 23.1 Å². The maximum absolute atomic E-state index is 12.4. The van der Waals surface area contributed by atoms with E-state index in [0.717, 1.165) is 23.3 Å². The fourth-order valence-electron chi connectivity index (χ4n) is 2.51. The van der Waals surface area contributed by atoms with Gasteiger partial charge in [0.2, 0.25) is 0 Å². The van der Waals surface area contributed by atoms with E-state index >= 15 is 0 Å². The summed E-state index contributed by atoms with van der Waals surface area (Å²) in [7, 11) is 0. The Morgan fingerprint density at radius 3 is 2.77 bits per heavy atom. The third-order valence-corrected chi connectivity index (χ3v) is 6.04. The minimum absolute atomic E-state index is 0.101. The van der Waals surface area contributed by atoms with E-state index in [1.807, 2.05) is 42.6 Å². The van der Waals surface area contributed by atoms with Crippen LogP contribution in [0.2, 0.25) is 0 Å². The van der Waals surface area contributed by atoms with Crippen molar-refractivity contribution in [2.75, 3.05) is 18.1 Å². The molecule has 1 aliphatic rings. The Labute approximate surface area is 138 Å². The number of amides is 1. The van der Waals surface area contributed by atoms with Crippen LogP contribution < -0.4 is 5.32 Å². The molecule has 2 heterocycles. The zero-order chi connectivity index (χ0) is 15.6. The van der Waals surface area contributed by atoms with Crippen LogP contribution in [-0.4, -0.2) is 34.7 Å². The highest BCUT2D eigenvalue weighted by Crippen LogP contribution is 2.30. The molecule has 0 saturated carbocycles. The Balaban J connectivity index is 1.73. The van der Waals surface area contributed by atoms with Gasteiger partial charge in [-0.2, -0.15) is 11.8 Å². The minimum Gasteiger partial charge on any atom is -0.387 e. The predicted octanol–water partition coefficient (Wildman–Crippen LogP) is 3.32. The molecule has 0 spiro atoms. The number of benzene rings is 1. The van der Waals surface area contributed by atoms with E-state index in [1.165, 1.54) is 16.9 Å². The number of carbonyl (C=O) groups excluding carboxylic acids is 1. The Morgan fingerprint density at radius 2 is 2.09 bits per heavy atom. The van der Waals surface area contributed by atoms with Gasteiger partial charge in [0.1, 0.15) is 0 Å². The molecule has 1 aromatic heterocycles. The van der Waals surface area contributed by atoms with Crippen LogP contribution in [0.3, 0.4) is 0 Å². The Morgan fingerprint density at radius 1 is 1.32 bits per heavy atom. The molecule has 1 aromatic carbocycles. The summed E-state index contributed by atoms with van der Waals surface area (Å²) in [6, 6.07) is 10.1. The molecule has 0 radical (unpaired) electrons. The number of aliphatic hydroxyl groups is 1. The normalized spacial score (nSPS) is 21.0. The minimum atomic E-state index is -0.748. The monoisotopic (exact) mass is 333 g/mol. The molecule has 2 aromatic rings. The van der Waals surface area contributed by atoms with Crippen LogP contribution in [0.15, 0.2) is 35.7 Å². The number of nitrogens with one attached hydrogen (secondary N) is 1. The van der Waals surface area contributed by atoms with Crippen LogP contribution in [-0.2, 0) is 0 Å². The van der Waals surface area contributed by atoms with Crippen LogP contribution in [0.4, 0.5) is 0 Å². The number of aryl methyl sites for hydroxylation is 1. The molecule has 1 amide bonds. The van der Waals surface area contributed by atoms with Crippen molar-refractivity contribution in [1.82, 2.24) is 5.32 Å². The van der Waals surface area contributed by atoms with Crippen LogP contribution in [0.1, 0.15) is 21.7 Å². The summed E-state index contributed by atoms with van der Waals surface area (Å²) in [4.78, 5) is 13.2. The first kappa shape index (κ1) is 15.6. The van der Waals surface area contributed by atoms with Gasteiger partial charge in [-0.3, -0.25) is 4.79 Å². The second-order valence-electron chi connectivity index (χ2n) is 5.74. The van der Waals surface area contributed by atoms with Crippen molar-refractivity contribution in [2.45, 2.75) is 18.9 Å². The van der Waals surface area contributed by atoms with Gasteiger partial charge < -0.3 is 10.4 Å². The SMILES string of the molecule is Cc1ccc(-c2ccsc2C(=O)NCC2(O)CCSC2)cc1. The standard InChI is InChI=1S/C17H19NO2S2/c1-12-2-4-13(5-3-12)14-6-8-22-15(14)16(19)18-10-17(20)7-9-21-11-17/h2-6,8,20H,7,9-11H2,1H3,(H,18,19). The van der Waals surface area contributed by atoms with Gasteiger partial charge in [-0.25, -0.2) is 0 Å². The zero-order valence-electron chi connectivity index (χ0n) is 12.5. The third kappa shape index (κ3) is 3.37. The van der Waals surface area contributed by atoms with E-state index in [1.54, 1.807) is 11.8 Å². The second kappa shape index (κ2) is 6.44. The topological polar surface area (TPSA) is 49.3 Å². The van der Waals surface area contributed by atoms with Crippen molar-refractivity contribution in [2.24, 2.45) is 0 Å². The van der Waals surface area contributed by atoms with Gasteiger partial charge >= 0.3 is 0 Å². The molecule has 1 unspecified atom stereocenters. The smallest absolute Gasteiger partial charge is 0.262 e. The van der Waals surface area contributed by atoms with E-state index < -0.39 is 5.60 Å².